The van der Waals surface area contributed by atoms with Crippen LogP contribution in [0.5, 0.6) is 0 Å². The van der Waals surface area contributed by atoms with Crippen molar-refractivity contribution in [3.63, 3.8) is 0 Å². The molecule has 2 aromatic heterocycles. The van der Waals surface area contributed by atoms with Crippen LogP contribution in [0.15, 0.2) is 85.2 Å². The third-order valence-electron chi connectivity index (χ3n) is 6.66. The van der Waals surface area contributed by atoms with Gasteiger partial charge in [0.2, 0.25) is 5.91 Å². The number of halogens is 4. The van der Waals surface area contributed by atoms with Crippen molar-refractivity contribution < 1.29 is 22.8 Å². The molecule has 41 heavy (non-hydrogen) atoms. The largest absolute Gasteiger partial charge is 0.355 e. The number of nitrogens with one attached hydrogen (secondary N) is 2. The number of carbonyl (C=O) groups is 2. The molecule has 0 aliphatic carbocycles. The predicted octanol–water partition coefficient (Wildman–Crippen LogP) is 6.23. The molecule has 5 rings (SSSR count). The number of amides is 2. The second kappa shape index (κ2) is 11.9. The standard InChI is InChI=1S/C31H24ClF3N4O2/c1-36-31(41)25-14-20(5-7-26(25)35)24-3-2-9-37-30(24)27(13-18-11-22(33)16-23(34)12-18)38-29(40)17-39-10-8-19-4-6-21(32)15-28(19)39/h2-12,14-16,27H,13,17H2,1H3,(H,36,41)(H,38,40)/t27-/m0/s1. The fraction of sp³-hybridized carbons (Fsp3) is 0.129. The monoisotopic (exact) mass is 576 g/mol. The zero-order valence-corrected chi connectivity index (χ0v) is 22.6. The molecule has 0 saturated carbocycles. The first-order valence-electron chi connectivity index (χ1n) is 12.7. The summed E-state index contributed by atoms with van der Waals surface area (Å²) < 4.78 is 44.3. The van der Waals surface area contributed by atoms with Gasteiger partial charge < -0.3 is 15.2 Å². The van der Waals surface area contributed by atoms with Crippen molar-refractivity contribution in [1.29, 1.82) is 0 Å². The lowest BCUT2D eigenvalue weighted by Gasteiger charge is -2.22. The second-order valence-electron chi connectivity index (χ2n) is 9.46. The maximum Gasteiger partial charge on any atom is 0.254 e. The molecule has 0 spiro atoms. The Bertz CT molecular complexity index is 1750. The minimum absolute atomic E-state index is 0.00614. The summed E-state index contributed by atoms with van der Waals surface area (Å²) in [5.41, 5.74) is 2.27. The quantitative estimate of drug-likeness (QED) is 0.230. The Hall–Kier alpha value is -4.63. The highest BCUT2D eigenvalue weighted by Gasteiger charge is 2.23. The average Bonchev–Trinajstić information content (AvgIpc) is 3.33. The molecule has 208 valence electrons. The zero-order chi connectivity index (χ0) is 29.1. The van der Waals surface area contributed by atoms with Crippen LogP contribution in [0, 0.1) is 17.5 Å². The van der Waals surface area contributed by atoms with E-state index in [0.29, 0.717) is 27.4 Å². The zero-order valence-electron chi connectivity index (χ0n) is 21.8. The van der Waals surface area contributed by atoms with Gasteiger partial charge in [-0.25, -0.2) is 13.2 Å². The summed E-state index contributed by atoms with van der Waals surface area (Å²) in [6.07, 6.45) is 3.30. The van der Waals surface area contributed by atoms with Gasteiger partial charge in [-0.15, -0.1) is 0 Å². The van der Waals surface area contributed by atoms with E-state index in [2.05, 4.69) is 15.6 Å². The highest BCUT2D eigenvalue weighted by atomic mass is 35.5. The number of pyridine rings is 1. The highest BCUT2D eigenvalue weighted by molar-refractivity contribution is 6.31. The Labute approximate surface area is 238 Å². The van der Waals surface area contributed by atoms with Crippen molar-refractivity contribution in [2.45, 2.75) is 19.0 Å². The van der Waals surface area contributed by atoms with Gasteiger partial charge in [-0.2, -0.15) is 0 Å². The van der Waals surface area contributed by atoms with Crippen LogP contribution >= 0.6 is 11.6 Å². The van der Waals surface area contributed by atoms with Crippen LogP contribution in [0.25, 0.3) is 22.0 Å². The van der Waals surface area contributed by atoms with Crippen molar-refractivity contribution in [2.75, 3.05) is 7.05 Å². The molecular formula is C31H24ClF3N4O2. The SMILES string of the molecule is CNC(=O)c1cc(-c2cccnc2[C@H](Cc2cc(F)cc(F)c2)NC(=O)Cn2ccc3ccc(Cl)cc32)ccc1F. The van der Waals surface area contributed by atoms with Crippen LogP contribution in [0.2, 0.25) is 5.02 Å². The van der Waals surface area contributed by atoms with E-state index in [1.807, 2.05) is 12.1 Å². The highest BCUT2D eigenvalue weighted by Crippen LogP contribution is 2.30. The third-order valence-corrected chi connectivity index (χ3v) is 6.90. The van der Waals surface area contributed by atoms with Crippen LogP contribution in [0.1, 0.15) is 27.7 Å². The number of nitrogens with zero attached hydrogens (tertiary/aromatic N) is 2. The molecule has 10 heteroatoms. The summed E-state index contributed by atoms with van der Waals surface area (Å²) in [4.78, 5) is 30.1. The van der Waals surface area contributed by atoms with Crippen molar-refractivity contribution in [1.82, 2.24) is 20.2 Å². The number of hydrogen-bond acceptors (Lipinski definition) is 3. The summed E-state index contributed by atoms with van der Waals surface area (Å²) in [5.74, 6) is -3.19. The molecular weight excluding hydrogens is 553 g/mol. The smallest absolute Gasteiger partial charge is 0.254 e. The molecule has 0 saturated heterocycles. The molecule has 0 aliphatic heterocycles. The van der Waals surface area contributed by atoms with E-state index in [0.717, 1.165) is 17.0 Å². The average molecular weight is 577 g/mol. The van der Waals surface area contributed by atoms with Crippen molar-refractivity contribution >= 4 is 34.3 Å². The molecule has 1 atom stereocenters. The molecule has 5 aromatic rings. The van der Waals surface area contributed by atoms with Gasteiger partial charge in [0.1, 0.15) is 24.0 Å². The fourth-order valence-corrected chi connectivity index (χ4v) is 4.98. The molecule has 6 nitrogen and oxygen atoms in total. The first kappa shape index (κ1) is 27.9. The molecule has 2 amide bonds. The van der Waals surface area contributed by atoms with Gasteiger partial charge >= 0.3 is 0 Å². The number of fused-ring (bicyclic) bond motifs is 1. The van der Waals surface area contributed by atoms with Crippen molar-refractivity contribution in [3.8, 4) is 11.1 Å². The van der Waals surface area contributed by atoms with Crippen LogP contribution in [-0.2, 0) is 17.8 Å². The molecule has 0 fully saturated rings. The molecule has 0 bridgehead atoms. The van der Waals surface area contributed by atoms with E-state index >= 15 is 0 Å². The second-order valence-corrected chi connectivity index (χ2v) is 9.90. The molecule has 0 unspecified atom stereocenters. The van der Waals surface area contributed by atoms with Gasteiger partial charge in [0, 0.05) is 41.6 Å². The Kier molecular flexibility index (Phi) is 8.07. The Morgan fingerprint density at radius 3 is 2.51 bits per heavy atom. The van der Waals surface area contributed by atoms with Crippen LogP contribution < -0.4 is 10.6 Å². The molecule has 2 N–H and O–H groups in total. The van der Waals surface area contributed by atoms with Gasteiger partial charge in [0.05, 0.1) is 17.3 Å². The van der Waals surface area contributed by atoms with Gasteiger partial charge in [-0.05, 0) is 71.5 Å². The van der Waals surface area contributed by atoms with E-state index in [-0.39, 0.29) is 24.4 Å². The van der Waals surface area contributed by atoms with Crippen LogP contribution in [0.4, 0.5) is 13.2 Å². The minimum Gasteiger partial charge on any atom is -0.355 e. The number of rotatable bonds is 8. The molecule has 0 radical (unpaired) electrons. The summed E-state index contributed by atoms with van der Waals surface area (Å²) in [6, 6.07) is 17.0. The van der Waals surface area contributed by atoms with Gasteiger partial charge in [-0.3, -0.25) is 14.6 Å². The van der Waals surface area contributed by atoms with Crippen LogP contribution in [0.3, 0.4) is 0 Å². The first-order valence-corrected chi connectivity index (χ1v) is 13.1. The minimum atomic E-state index is -0.834. The maximum atomic E-state index is 14.4. The van der Waals surface area contributed by atoms with Gasteiger partial charge in [0.25, 0.3) is 5.91 Å². The van der Waals surface area contributed by atoms with E-state index in [1.54, 1.807) is 35.0 Å². The number of hydrogen-bond donors (Lipinski definition) is 2. The Morgan fingerprint density at radius 1 is 0.976 bits per heavy atom. The van der Waals surface area contributed by atoms with E-state index in [1.165, 1.54) is 43.6 Å². The summed E-state index contributed by atoms with van der Waals surface area (Å²) in [6.45, 7) is -0.0581. The van der Waals surface area contributed by atoms with Gasteiger partial charge in [0.15, 0.2) is 0 Å². The first-order chi connectivity index (χ1) is 19.7. The lowest BCUT2D eigenvalue weighted by molar-refractivity contribution is -0.122. The Balaban J connectivity index is 1.53. The van der Waals surface area contributed by atoms with Crippen molar-refractivity contribution in [2.24, 2.45) is 0 Å². The summed E-state index contributed by atoms with van der Waals surface area (Å²) in [5, 5.41) is 6.80. The number of aromatic nitrogens is 2. The van der Waals surface area contributed by atoms with Gasteiger partial charge in [-0.1, -0.05) is 29.8 Å². The topological polar surface area (TPSA) is 76.0 Å². The molecule has 3 aromatic carbocycles. The van der Waals surface area contributed by atoms with E-state index < -0.39 is 29.4 Å². The summed E-state index contributed by atoms with van der Waals surface area (Å²) in [7, 11) is 1.40. The lowest BCUT2D eigenvalue weighted by Crippen LogP contribution is -2.33. The molecule has 0 aliphatic rings. The Morgan fingerprint density at radius 2 is 1.76 bits per heavy atom. The van der Waals surface area contributed by atoms with Crippen molar-refractivity contribution in [3.05, 3.63) is 124 Å². The van der Waals surface area contributed by atoms with Crippen LogP contribution in [-0.4, -0.2) is 28.4 Å². The summed E-state index contributed by atoms with van der Waals surface area (Å²) >= 11 is 6.16. The molecule has 2 heterocycles. The third kappa shape index (κ3) is 6.25. The fourth-order valence-electron chi connectivity index (χ4n) is 4.81. The lowest BCUT2D eigenvalue weighted by atomic mass is 9.94. The predicted molar refractivity (Wildman–Crippen MR) is 151 cm³/mol. The maximum absolute atomic E-state index is 14.4. The van der Waals surface area contributed by atoms with E-state index in [4.69, 9.17) is 11.6 Å². The number of carbonyl (C=O) groups excluding carboxylic acids is 2. The number of benzene rings is 3. The van der Waals surface area contributed by atoms with E-state index in [9.17, 15) is 22.8 Å². The normalized spacial score (nSPS) is 11.8.